The average Bonchev–Trinajstić information content (AvgIpc) is 3.00. The number of carbonyl (C=O) groups excluding carboxylic acids is 1. The van der Waals surface area contributed by atoms with Crippen LogP contribution in [0.25, 0.3) is 0 Å². The largest absolute Gasteiger partial charge is 0.460 e. The molecule has 0 amide bonds. The molecule has 0 aliphatic heterocycles. The summed E-state index contributed by atoms with van der Waals surface area (Å²) in [6.07, 6.45) is 2.22. The van der Waals surface area contributed by atoms with Gasteiger partial charge in [-0.15, -0.1) is 0 Å². The third-order valence-electron chi connectivity index (χ3n) is 2.22. The first-order chi connectivity index (χ1) is 7.20. The van der Waals surface area contributed by atoms with Gasteiger partial charge in [0.05, 0.1) is 6.61 Å². The molecule has 0 atom stereocenters. The third kappa shape index (κ3) is 2.23. The molecule has 80 valence electrons. The van der Waals surface area contributed by atoms with Crippen LogP contribution in [-0.2, 0) is 4.74 Å². The Bertz CT molecular complexity index is 388. The molecular weight excluding hydrogens is 194 g/mol. The van der Waals surface area contributed by atoms with Crippen LogP contribution in [0.4, 0.5) is 5.82 Å². The number of carbonyl (C=O) groups is 1. The van der Waals surface area contributed by atoms with Gasteiger partial charge < -0.3 is 10.5 Å². The van der Waals surface area contributed by atoms with Gasteiger partial charge in [-0.05, 0) is 19.8 Å². The second-order valence-corrected chi connectivity index (χ2v) is 3.54. The normalized spacial score (nSPS) is 15.0. The Balaban J connectivity index is 2.26. The highest BCUT2D eigenvalue weighted by Crippen LogP contribution is 2.39. The van der Waals surface area contributed by atoms with E-state index in [1.165, 1.54) is 0 Å². The average molecular weight is 207 g/mol. The Morgan fingerprint density at radius 1 is 1.60 bits per heavy atom. The van der Waals surface area contributed by atoms with Crippen LogP contribution < -0.4 is 5.73 Å². The van der Waals surface area contributed by atoms with Crippen molar-refractivity contribution < 1.29 is 9.53 Å². The van der Waals surface area contributed by atoms with Crippen LogP contribution in [0.1, 0.15) is 42.0 Å². The lowest BCUT2D eigenvalue weighted by molar-refractivity contribution is 0.0511. The number of hydrogen-bond acceptors (Lipinski definition) is 5. The second-order valence-electron chi connectivity index (χ2n) is 3.54. The summed E-state index contributed by atoms with van der Waals surface area (Å²) in [5, 5.41) is 0. The number of hydrogen-bond donors (Lipinski definition) is 1. The second kappa shape index (κ2) is 3.84. The maximum Gasteiger partial charge on any atom is 0.376 e. The Kier molecular flexibility index (Phi) is 2.53. The smallest absolute Gasteiger partial charge is 0.376 e. The van der Waals surface area contributed by atoms with Crippen molar-refractivity contribution in [2.45, 2.75) is 25.7 Å². The van der Waals surface area contributed by atoms with E-state index in [2.05, 4.69) is 9.97 Å². The van der Waals surface area contributed by atoms with E-state index in [9.17, 15) is 4.79 Å². The minimum atomic E-state index is -0.508. The van der Waals surface area contributed by atoms with Crippen LogP contribution in [0.5, 0.6) is 0 Å². The molecule has 1 aromatic heterocycles. The SMILES string of the molecule is CCOC(=O)c1nc(N)cc(C2CC2)n1. The zero-order valence-electron chi connectivity index (χ0n) is 8.56. The van der Waals surface area contributed by atoms with E-state index in [0.29, 0.717) is 18.3 Å². The van der Waals surface area contributed by atoms with E-state index in [4.69, 9.17) is 10.5 Å². The first-order valence-electron chi connectivity index (χ1n) is 5.02. The Morgan fingerprint density at radius 3 is 2.93 bits per heavy atom. The summed E-state index contributed by atoms with van der Waals surface area (Å²) in [6.45, 7) is 2.06. The van der Waals surface area contributed by atoms with E-state index in [1.807, 2.05) is 0 Å². The lowest BCUT2D eigenvalue weighted by Gasteiger charge is -2.03. The molecule has 5 heteroatoms. The Labute approximate surface area is 87.7 Å². The quantitative estimate of drug-likeness (QED) is 0.751. The van der Waals surface area contributed by atoms with Crippen molar-refractivity contribution in [3.8, 4) is 0 Å². The van der Waals surface area contributed by atoms with E-state index in [-0.39, 0.29) is 5.82 Å². The van der Waals surface area contributed by atoms with E-state index < -0.39 is 5.97 Å². The van der Waals surface area contributed by atoms with Gasteiger partial charge in [-0.3, -0.25) is 0 Å². The fourth-order valence-corrected chi connectivity index (χ4v) is 1.36. The highest BCUT2D eigenvalue weighted by atomic mass is 16.5. The van der Waals surface area contributed by atoms with Crippen LogP contribution in [0.3, 0.4) is 0 Å². The standard InChI is InChI=1S/C10H13N3O2/c1-2-15-10(14)9-12-7(6-3-4-6)5-8(11)13-9/h5-6H,2-4H2,1H3,(H2,11,12,13). The summed E-state index contributed by atoms with van der Waals surface area (Å²) in [5.74, 6) is 0.337. The summed E-state index contributed by atoms with van der Waals surface area (Å²) in [5.41, 5.74) is 6.45. The third-order valence-corrected chi connectivity index (χ3v) is 2.22. The number of aromatic nitrogens is 2. The highest BCUT2D eigenvalue weighted by Gasteiger charge is 2.27. The van der Waals surface area contributed by atoms with Crippen molar-refractivity contribution in [3.63, 3.8) is 0 Å². The van der Waals surface area contributed by atoms with Crippen molar-refractivity contribution in [1.29, 1.82) is 0 Å². The summed E-state index contributed by atoms with van der Waals surface area (Å²) in [7, 11) is 0. The minimum absolute atomic E-state index is 0.0683. The molecule has 2 N–H and O–H groups in total. The van der Waals surface area contributed by atoms with E-state index >= 15 is 0 Å². The summed E-state index contributed by atoms with van der Waals surface area (Å²) < 4.78 is 4.82. The molecule has 5 nitrogen and oxygen atoms in total. The van der Waals surface area contributed by atoms with Gasteiger partial charge in [0.1, 0.15) is 5.82 Å². The van der Waals surface area contributed by atoms with Gasteiger partial charge in [-0.1, -0.05) is 0 Å². The van der Waals surface area contributed by atoms with Crippen LogP contribution in [0.15, 0.2) is 6.07 Å². The van der Waals surface area contributed by atoms with Gasteiger partial charge in [0, 0.05) is 17.7 Å². The zero-order chi connectivity index (χ0) is 10.8. The molecule has 1 aromatic rings. The predicted octanol–water partition coefficient (Wildman–Crippen LogP) is 1.11. The van der Waals surface area contributed by atoms with E-state index in [0.717, 1.165) is 18.5 Å². The van der Waals surface area contributed by atoms with Crippen LogP contribution in [-0.4, -0.2) is 22.5 Å². The molecule has 0 unspecified atom stereocenters. The van der Waals surface area contributed by atoms with Crippen LogP contribution in [0, 0.1) is 0 Å². The maximum absolute atomic E-state index is 11.4. The minimum Gasteiger partial charge on any atom is -0.460 e. The lowest BCUT2D eigenvalue weighted by Crippen LogP contribution is -2.12. The van der Waals surface area contributed by atoms with Crippen LogP contribution in [0.2, 0.25) is 0 Å². The topological polar surface area (TPSA) is 78.1 Å². The zero-order valence-corrected chi connectivity index (χ0v) is 8.56. The number of esters is 1. The highest BCUT2D eigenvalue weighted by molar-refractivity contribution is 5.85. The predicted molar refractivity (Wildman–Crippen MR) is 54.4 cm³/mol. The Hall–Kier alpha value is -1.65. The van der Waals surface area contributed by atoms with E-state index in [1.54, 1.807) is 13.0 Å². The molecule has 1 aliphatic rings. The molecule has 0 spiro atoms. The van der Waals surface area contributed by atoms with Gasteiger partial charge >= 0.3 is 5.97 Å². The first kappa shape index (κ1) is 9.89. The molecule has 15 heavy (non-hydrogen) atoms. The molecule has 1 heterocycles. The van der Waals surface area contributed by atoms with Crippen molar-refractivity contribution in [2.24, 2.45) is 0 Å². The van der Waals surface area contributed by atoms with Crippen molar-refractivity contribution in [1.82, 2.24) is 9.97 Å². The molecule has 0 aromatic carbocycles. The van der Waals surface area contributed by atoms with Gasteiger partial charge in [0.2, 0.25) is 5.82 Å². The maximum atomic E-state index is 11.4. The fraction of sp³-hybridized carbons (Fsp3) is 0.500. The van der Waals surface area contributed by atoms with Gasteiger partial charge in [-0.25, -0.2) is 14.8 Å². The molecule has 1 saturated carbocycles. The van der Waals surface area contributed by atoms with Crippen LogP contribution >= 0.6 is 0 Å². The molecule has 1 fully saturated rings. The number of nitrogens with two attached hydrogens (primary N) is 1. The summed E-state index contributed by atoms with van der Waals surface area (Å²) in [4.78, 5) is 19.4. The van der Waals surface area contributed by atoms with Gasteiger partial charge in [0.15, 0.2) is 0 Å². The van der Waals surface area contributed by atoms with Gasteiger partial charge in [0.25, 0.3) is 0 Å². The van der Waals surface area contributed by atoms with Crippen molar-refractivity contribution >= 4 is 11.8 Å². The summed E-state index contributed by atoms with van der Waals surface area (Å²) >= 11 is 0. The molecule has 0 radical (unpaired) electrons. The number of nitrogen functional groups attached to an aromatic ring is 1. The molecular formula is C10H13N3O2. The lowest BCUT2D eigenvalue weighted by atomic mass is 10.3. The van der Waals surface area contributed by atoms with Crippen molar-refractivity contribution in [3.05, 3.63) is 17.6 Å². The van der Waals surface area contributed by atoms with Crippen molar-refractivity contribution in [2.75, 3.05) is 12.3 Å². The molecule has 0 saturated heterocycles. The van der Waals surface area contributed by atoms with Gasteiger partial charge in [-0.2, -0.15) is 0 Å². The number of nitrogens with zero attached hydrogens (tertiary/aromatic N) is 2. The monoisotopic (exact) mass is 207 g/mol. The number of anilines is 1. The molecule has 1 aliphatic carbocycles. The summed E-state index contributed by atoms with van der Waals surface area (Å²) in [6, 6.07) is 1.72. The molecule has 2 rings (SSSR count). The molecule has 0 bridgehead atoms. The fourth-order valence-electron chi connectivity index (χ4n) is 1.36. The first-order valence-corrected chi connectivity index (χ1v) is 5.02. The number of rotatable bonds is 3. The Morgan fingerprint density at radius 2 is 2.33 bits per heavy atom. The number of ether oxygens (including phenoxy) is 1.